The van der Waals surface area contributed by atoms with E-state index >= 15 is 0 Å². The van der Waals surface area contributed by atoms with Gasteiger partial charge in [-0.3, -0.25) is 4.90 Å². The third kappa shape index (κ3) is 5.01. The van der Waals surface area contributed by atoms with Gasteiger partial charge in [0, 0.05) is 45.3 Å². The molecule has 1 atom stereocenters. The van der Waals surface area contributed by atoms with Crippen LogP contribution in [0.4, 0.5) is 0 Å². The molecular formula is C17H35N3. The first-order valence-corrected chi connectivity index (χ1v) is 8.81. The average Bonchev–Trinajstić information content (AvgIpc) is 2.47. The highest BCUT2D eigenvalue weighted by Gasteiger charge is 2.26. The van der Waals surface area contributed by atoms with Crippen molar-refractivity contribution < 1.29 is 0 Å². The van der Waals surface area contributed by atoms with Crippen molar-refractivity contribution in [3.63, 3.8) is 0 Å². The van der Waals surface area contributed by atoms with Crippen molar-refractivity contribution in [1.82, 2.24) is 15.1 Å². The smallest absolute Gasteiger partial charge is 0.0220 e. The zero-order chi connectivity index (χ0) is 14.4. The van der Waals surface area contributed by atoms with Crippen LogP contribution in [0.3, 0.4) is 0 Å². The molecule has 0 radical (unpaired) electrons. The lowest BCUT2D eigenvalue weighted by molar-refractivity contribution is 0.102. The molecule has 0 aromatic rings. The monoisotopic (exact) mass is 281 g/mol. The van der Waals surface area contributed by atoms with Crippen LogP contribution in [0, 0.1) is 11.8 Å². The molecule has 0 amide bonds. The minimum absolute atomic E-state index is 0.715. The van der Waals surface area contributed by atoms with Crippen LogP contribution in [-0.2, 0) is 0 Å². The van der Waals surface area contributed by atoms with Crippen LogP contribution in [0.5, 0.6) is 0 Å². The topological polar surface area (TPSA) is 18.5 Å². The first-order chi connectivity index (χ1) is 9.69. The lowest BCUT2D eigenvalue weighted by Crippen LogP contribution is -2.52. The summed E-state index contributed by atoms with van der Waals surface area (Å²) in [6.07, 6.45) is 7.24. The number of hydrogen-bond donors (Lipinski definition) is 1. The third-order valence-electron chi connectivity index (χ3n) is 5.13. The largest absolute Gasteiger partial charge is 0.315 e. The average molecular weight is 281 g/mol. The Hall–Kier alpha value is -0.120. The van der Waals surface area contributed by atoms with Crippen LogP contribution in [0.2, 0.25) is 0 Å². The van der Waals surface area contributed by atoms with E-state index in [1.807, 2.05) is 0 Å². The Morgan fingerprint density at radius 2 is 1.45 bits per heavy atom. The maximum absolute atomic E-state index is 3.61. The van der Waals surface area contributed by atoms with Crippen molar-refractivity contribution in [3.05, 3.63) is 0 Å². The fourth-order valence-corrected chi connectivity index (χ4v) is 3.96. The van der Waals surface area contributed by atoms with Crippen LogP contribution in [0.1, 0.15) is 46.0 Å². The van der Waals surface area contributed by atoms with Crippen LogP contribution in [0.15, 0.2) is 0 Å². The van der Waals surface area contributed by atoms with E-state index in [-0.39, 0.29) is 0 Å². The molecule has 1 aliphatic heterocycles. The van der Waals surface area contributed by atoms with E-state index in [0.29, 0.717) is 6.04 Å². The zero-order valence-electron chi connectivity index (χ0n) is 13.9. The van der Waals surface area contributed by atoms with Gasteiger partial charge in [-0.05, 0) is 31.7 Å². The fraction of sp³-hybridized carbons (Fsp3) is 1.00. The van der Waals surface area contributed by atoms with Crippen LogP contribution in [0.25, 0.3) is 0 Å². The predicted molar refractivity (Wildman–Crippen MR) is 87.1 cm³/mol. The molecule has 0 aromatic heterocycles. The Balaban J connectivity index is 1.72. The number of nitrogens with zero attached hydrogens (tertiary/aromatic N) is 2. The first-order valence-electron chi connectivity index (χ1n) is 8.81. The predicted octanol–water partition coefficient (Wildman–Crippen LogP) is 2.43. The molecule has 118 valence electrons. The molecule has 1 heterocycles. The lowest BCUT2D eigenvalue weighted by atomic mass is 9.83. The maximum atomic E-state index is 3.61. The van der Waals surface area contributed by atoms with Gasteiger partial charge in [0.1, 0.15) is 0 Å². The van der Waals surface area contributed by atoms with Crippen LogP contribution < -0.4 is 5.32 Å². The standard InChI is InChI=1S/C17H35N3/c1-15(2)13-19-9-11-20(12-10-19)14-17(18-3)16-7-5-4-6-8-16/h15-18H,4-14H2,1-3H3. The SMILES string of the molecule is CNC(CN1CCN(CC(C)C)CC1)C1CCCCC1. The number of likely N-dealkylation sites (N-methyl/N-ethyl adjacent to an activating group) is 1. The normalized spacial score (nSPS) is 25.2. The fourth-order valence-electron chi connectivity index (χ4n) is 3.96. The van der Waals surface area contributed by atoms with Crippen molar-refractivity contribution in [1.29, 1.82) is 0 Å². The Bertz CT molecular complexity index is 253. The Labute approximate surface area is 126 Å². The number of rotatable bonds is 6. The zero-order valence-corrected chi connectivity index (χ0v) is 13.9. The van der Waals surface area contributed by atoms with Gasteiger partial charge < -0.3 is 10.2 Å². The number of piperazine rings is 1. The van der Waals surface area contributed by atoms with Crippen molar-refractivity contribution in [2.45, 2.75) is 52.0 Å². The van der Waals surface area contributed by atoms with E-state index in [1.165, 1.54) is 71.4 Å². The molecular weight excluding hydrogens is 246 g/mol. The quantitative estimate of drug-likeness (QED) is 0.807. The van der Waals surface area contributed by atoms with Crippen molar-refractivity contribution >= 4 is 0 Å². The van der Waals surface area contributed by atoms with Crippen LogP contribution in [-0.4, -0.2) is 62.2 Å². The molecule has 2 rings (SSSR count). The van der Waals surface area contributed by atoms with E-state index in [9.17, 15) is 0 Å². The summed E-state index contributed by atoms with van der Waals surface area (Å²) >= 11 is 0. The first kappa shape index (κ1) is 16.3. The molecule has 1 unspecified atom stereocenters. The Morgan fingerprint density at radius 3 is 1.95 bits per heavy atom. The van der Waals surface area contributed by atoms with Gasteiger partial charge in [0.2, 0.25) is 0 Å². The van der Waals surface area contributed by atoms with Crippen molar-refractivity contribution in [3.8, 4) is 0 Å². The number of hydrogen-bond acceptors (Lipinski definition) is 3. The Kier molecular flexibility index (Phi) is 6.79. The van der Waals surface area contributed by atoms with E-state index in [1.54, 1.807) is 0 Å². The second-order valence-electron chi connectivity index (χ2n) is 7.29. The highest BCUT2D eigenvalue weighted by Crippen LogP contribution is 2.27. The summed E-state index contributed by atoms with van der Waals surface area (Å²) in [6.45, 7) is 12.2. The molecule has 1 saturated carbocycles. The summed E-state index contributed by atoms with van der Waals surface area (Å²) in [4.78, 5) is 5.32. The molecule has 3 heteroatoms. The minimum Gasteiger partial charge on any atom is -0.315 e. The Morgan fingerprint density at radius 1 is 0.900 bits per heavy atom. The minimum atomic E-state index is 0.715. The molecule has 20 heavy (non-hydrogen) atoms. The maximum Gasteiger partial charge on any atom is 0.0220 e. The second kappa shape index (κ2) is 8.35. The van der Waals surface area contributed by atoms with Gasteiger partial charge in [-0.1, -0.05) is 33.1 Å². The molecule has 2 fully saturated rings. The van der Waals surface area contributed by atoms with Gasteiger partial charge in [-0.25, -0.2) is 0 Å². The lowest BCUT2D eigenvalue weighted by Gasteiger charge is -2.39. The molecule has 1 N–H and O–H groups in total. The van der Waals surface area contributed by atoms with E-state index in [2.05, 4.69) is 36.0 Å². The van der Waals surface area contributed by atoms with Gasteiger partial charge in [-0.2, -0.15) is 0 Å². The molecule has 1 aliphatic carbocycles. The van der Waals surface area contributed by atoms with Gasteiger partial charge in [0.05, 0.1) is 0 Å². The van der Waals surface area contributed by atoms with Gasteiger partial charge in [-0.15, -0.1) is 0 Å². The summed E-state index contributed by atoms with van der Waals surface area (Å²) in [7, 11) is 2.16. The van der Waals surface area contributed by atoms with Crippen molar-refractivity contribution in [2.75, 3.05) is 46.3 Å². The number of nitrogens with one attached hydrogen (secondary N) is 1. The molecule has 3 nitrogen and oxygen atoms in total. The summed E-state index contributed by atoms with van der Waals surface area (Å²) in [5.74, 6) is 1.72. The van der Waals surface area contributed by atoms with E-state index in [0.717, 1.165) is 11.8 Å². The molecule has 2 aliphatic rings. The second-order valence-corrected chi connectivity index (χ2v) is 7.29. The summed E-state index contributed by atoms with van der Waals surface area (Å²) in [5, 5.41) is 3.61. The van der Waals surface area contributed by atoms with Crippen LogP contribution >= 0.6 is 0 Å². The highest BCUT2D eigenvalue weighted by atomic mass is 15.3. The van der Waals surface area contributed by atoms with Gasteiger partial charge in [0.15, 0.2) is 0 Å². The third-order valence-corrected chi connectivity index (χ3v) is 5.13. The molecule has 0 bridgehead atoms. The molecule has 0 aromatic carbocycles. The van der Waals surface area contributed by atoms with Crippen molar-refractivity contribution in [2.24, 2.45) is 11.8 Å². The van der Waals surface area contributed by atoms with Gasteiger partial charge >= 0.3 is 0 Å². The summed E-state index contributed by atoms with van der Waals surface area (Å²) in [5.41, 5.74) is 0. The van der Waals surface area contributed by atoms with Gasteiger partial charge in [0.25, 0.3) is 0 Å². The highest BCUT2D eigenvalue weighted by molar-refractivity contribution is 4.83. The summed E-state index contributed by atoms with van der Waals surface area (Å²) in [6, 6.07) is 0.715. The molecule has 0 spiro atoms. The summed E-state index contributed by atoms with van der Waals surface area (Å²) < 4.78 is 0. The molecule has 1 saturated heterocycles. The van der Waals surface area contributed by atoms with E-state index in [4.69, 9.17) is 0 Å². The van der Waals surface area contributed by atoms with E-state index < -0.39 is 0 Å².